The van der Waals surface area contributed by atoms with E-state index in [9.17, 15) is 31.1 Å². The summed E-state index contributed by atoms with van der Waals surface area (Å²) in [6, 6.07) is 0. The van der Waals surface area contributed by atoms with Crippen LogP contribution < -0.4 is 0 Å². The van der Waals surface area contributed by atoms with E-state index in [0.717, 1.165) is 0 Å². The number of hydrogen-bond acceptors (Lipinski definition) is 4. The summed E-state index contributed by atoms with van der Waals surface area (Å²) in [5, 5.41) is 13.9. The van der Waals surface area contributed by atoms with Crippen molar-refractivity contribution in [2.24, 2.45) is 0 Å². The van der Waals surface area contributed by atoms with Crippen LogP contribution in [0.2, 0.25) is 0 Å². The van der Waals surface area contributed by atoms with Gasteiger partial charge in [0.25, 0.3) is 0 Å². The molecule has 0 aromatic carbocycles. The van der Waals surface area contributed by atoms with E-state index >= 15 is 0 Å². The van der Waals surface area contributed by atoms with Gasteiger partial charge in [0.05, 0.1) is 6.42 Å². The number of rotatable bonds is 4. The third-order valence-electron chi connectivity index (χ3n) is 1.94. The summed E-state index contributed by atoms with van der Waals surface area (Å²) in [5.41, 5.74) is 0. The van der Waals surface area contributed by atoms with Crippen molar-refractivity contribution in [3.05, 3.63) is 11.8 Å². The van der Waals surface area contributed by atoms with Crippen LogP contribution in [0.1, 0.15) is 24.1 Å². The van der Waals surface area contributed by atoms with Crippen LogP contribution >= 0.6 is 0 Å². The lowest BCUT2D eigenvalue weighted by Crippen LogP contribution is -2.34. The topological polar surface area (TPSA) is 76.2 Å². The van der Waals surface area contributed by atoms with Crippen LogP contribution in [0, 0.1) is 0 Å². The fraction of sp³-hybridized carbons (Fsp3) is 0.625. The molecule has 0 aliphatic rings. The third kappa shape index (κ3) is 4.10. The molecule has 11 heteroatoms. The zero-order valence-corrected chi connectivity index (χ0v) is 8.92. The number of aliphatic carboxylic acids is 1. The molecular formula is C8H6F6N2O3. The molecule has 108 valence electrons. The van der Waals surface area contributed by atoms with Gasteiger partial charge in [0.2, 0.25) is 17.7 Å². The lowest BCUT2D eigenvalue weighted by Gasteiger charge is -2.19. The van der Waals surface area contributed by atoms with Crippen LogP contribution in [-0.4, -0.2) is 33.6 Å². The molecule has 1 aromatic rings. The van der Waals surface area contributed by atoms with E-state index in [1.807, 2.05) is 0 Å². The van der Waals surface area contributed by atoms with Crippen LogP contribution in [0.15, 0.2) is 4.42 Å². The van der Waals surface area contributed by atoms with Gasteiger partial charge in [-0.2, -0.15) is 26.3 Å². The molecule has 0 amide bonds. The molecule has 1 aromatic heterocycles. The van der Waals surface area contributed by atoms with Gasteiger partial charge in [-0.05, 0) is 0 Å². The van der Waals surface area contributed by atoms with Crippen molar-refractivity contribution in [1.29, 1.82) is 0 Å². The SMILES string of the molecule is O=C(O)CCc1nnc(C(C(F)(F)F)C(F)(F)F)o1. The lowest BCUT2D eigenvalue weighted by atomic mass is 10.1. The number of carboxylic acid groups (broad SMARTS) is 1. The normalized spacial score (nSPS) is 13.0. The van der Waals surface area contributed by atoms with Crippen molar-refractivity contribution >= 4 is 5.97 Å². The summed E-state index contributed by atoms with van der Waals surface area (Å²) in [6.45, 7) is 0. The minimum atomic E-state index is -5.63. The Balaban J connectivity index is 2.96. The Labute approximate surface area is 101 Å². The van der Waals surface area contributed by atoms with Crippen LogP contribution in [0.25, 0.3) is 0 Å². The van der Waals surface area contributed by atoms with Gasteiger partial charge in [-0.3, -0.25) is 4.79 Å². The summed E-state index contributed by atoms with van der Waals surface area (Å²) in [7, 11) is 0. The molecule has 0 aliphatic heterocycles. The average Bonchev–Trinajstić information content (AvgIpc) is 2.58. The van der Waals surface area contributed by atoms with Crippen LogP contribution in [0.4, 0.5) is 26.3 Å². The second-order valence-electron chi connectivity index (χ2n) is 3.44. The largest absolute Gasteiger partial charge is 0.481 e. The second-order valence-corrected chi connectivity index (χ2v) is 3.44. The first-order valence-corrected chi connectivity index (χ1v) is 4.69. The van der Waals surface area contributed by atoms with Crippen molar-refractivity contribution in [3.8, 4) is 0 Å². The Morgan fingerprint density at radius 1 is 1.16 bits per heavy atom. The van der Waals surface area contributed by atoms with Crippen molar-refractivity contribution in [2.75, 3.05) is 0 Å². The second kappa shape index (κ2) is 5.05. The molecule has 1 rings (SSSR count). The molecule has 0 atom stereocenters. The summed E-state index contributed by atoms with van der Waals surface area (Å²) in [5.74, 6) is -7.44. The van der Waals surface area contributed by atoms with Gasteiger partial charge in [0.15, 0.2) is 0 Å². The Morgan fingerprint density at radius 3 is 2.11 bits per heavy atom. The molecular weight excluding hydrogens is 286 g/mol. The molecule has 0 unspecified atom stereocenters. The number of nitrogens with zero attached hydrogens (tertiary/aromatic N) is 2. The van der Waals surface area contributed by atoms with Gasteiger partial charge in [-0.15, -0.1) is 10.2 Å². The van der Waals surface area contributed by atoms with Crippen LogP contribution in [0.5, 0.6) is 0 Å². The minimum absolute atomic E-state index is 0.454. The van der Waals surface area contributed by atoms with Gasteiger partial charge in [-0.1, -0.05) is 0 Å². The van der Waals surface area contributed by atoms with Crippen molar-refractivity contribution in [2.45, 2.75) is 31.1 Å². The maximum Gasteiger partial charge on any atom is 0.409 e. The highest BCUT2D eigenvalue weighted by Gasteiger charge is 2.60. The van der Waals surface area contributed by atoms with E-state index in [0.29, 0.717) is 0 Å². The fourth-order valence-corrected chi connectivity index (χ4v) is 1.16. The van der Waals surface area contributed by atoms with E-state index < -0.39 is 48.9 Å². The minimum Gasteiger partial charge on any atom is -0.481 e. The number of aryl methyl sites for hydroxylation is 1. The number of hydrogen-bond donors (Lipinski definition) is 1. The summed E-state index contributed by atoms with van der Waals surface area (Å²) >= 11 is 0. The number of alkyl halides is 6. The van der Waals surface area contributed by atoms with E-state index in [1.165, 1.54) is 0 Å². The smallest absolute Gasteiger partial charge is 0.409 e. The summed E-state index contributed by atoms with van der Waals surface area (Å²) in [6.07, 6.45) is -12.3. The average molecular weight is 292 g/mol. The molecule has 0 fully saturated rings. The molecule has 1 N–H and O–H groups in total. The van der Waals surface area contributed by atoms with E-state index in [1.54, 1.807) is 0 Å². The lowest BCUT2D eigenvalue weighted by molar-refractivity contribution is -0.258. The monoisotopic (exact) mass is 292 g/mol. The Bertz CT molecular complexity index is 438. The highest BCUT2D eigenvalue weighted by molar-refractivity contribution is 5.66. The first kappa shape index (κ1) is 15.2. The predicted molar refractivity (Wildman–Crippen MR) is 45.1 cm³/mol. The molecule has 19 heavy (non-hydrogen) atoms. The molecule has 0 saturated carbocycles. The first-order valence-electron chi connectivity index (χ1n) is 4.69. The van der Waals surface area contributed by atoms with Crippen molar-refractivity contribution in [3.63, 3.8) is 0 Å². The highest BCUT2D eigenvalue weighted by Crippen LogP contribution is 2.45. The molecule has 0 saturated heterocycles. The fourth-order valence-electron chi connectivity index (χ4n) is 1.16. The van der Waals surface area contributed by atoms with Gasteiger partial charge in [0.1, 0.15) is 0 Å². The van der Waals surface area contributed by atoms with E-state index in [2.05, 4.69) is 14.6 Å². The standard InChI is InChI=1S/C8H6F6N2O3/c9-7(10,11)5(8(12,13)14)6-16-15-3(19-6)1-2-4(17)18/h5H,1-2H2,(H,17,18). The zero-order chi connectivity index (χ0) is 14.8. The van der Waals surface area contributed by atoms with Crippen molar-refractivity contribution < 1.29 is 40.7 Å². The number of halogens is 6. The number of carbonyl (C=O) groups is 1. The molecule has 5 nitrogen and oxygen atoms in total. The summed E-state index contributed by atoms with van der Waals surface area (Å²) < 4.78 is 77.9. The van der Waals surface area contributed by atoms with Gasteiger partial charge in [0, 0.05) is 6.42 Å². The van der Waals surface area contributed by atoms with Crippen LogP contribution in [0.3, 0.4) is 0 Å². The Kier molecular flexibility index (Phi) is 4.06. The zero-order valence-electron chi connectivity index (χ0n) is 8.92. The number of carboxylic acids is 1. The van der Waals surface area contributed by atoms with Gasteiger partial charge < -0.3 is 9.52 Å². The summed E-state index contributed by atoms with van der Waals surface area (Å²) in [4.78, 5) is 10.2. The maximum absolute atomic E-state index is 12.3. The molecule has 1 heterocycles. The van der Waals surface area contributed by atoms with E-state index in [4.69, 9.17) is 5.11 Å². The molecule has 0 aliphatic carbocycles. The highest BCUT2D eigenvalue weighted by atomic mass is 19.4. The van der Waals surface area contributed by atoms with Gasteiger partial charge >= 0.3 is 18.3 Å². The van der Waals surface area contributed by atoms with Crippen molar-refractivity contribution in [1.82, 2.24) is 10.2 Å². The number of aromatic nitrogens is 2. The molecule has 0 bridgehead atoms. The molecule has 0 spiro atoms. The van der Waals surface area contributed by atoms with E-state index in [-0.39, 0.29) is 0 Å². The maximum atomic E-state index is 12.3. The Morgan fingerprint density at radius 2 is 1.68 bits per heavy atom. The molecule has 0 radical (unpaired) electrons. The predicted octanol–water partition coefficient (Wildman–Crippen LogP) is 2.30. The Hall–Kier alpha value is -1.81. The quantitative estimate of drug-likeness (QED) is 0.862. The third-order valence-corrected chi connectivity index (χ3v) is 1.94. The first-order chi connectivity index (χ1) is 8.51. The van der Waals surface area contributed by atoms with Crippen LogP contribution in [-0.2, 0) is 11.2 Å². The van der Waals surface area contributed by atoms with Gasteiger partial charge in [-0.25, -0.2) is 0 Å².